The lowest BCUT2D eigenvalue weighted by molar-refractivity contribution is -0.133. The van der Waals surface area contributed by atoms with Crippen LogP contribution in [0.3, 0.4) is 0 Å². The molecule has 34 heavy (non-hydrogen) atoms. The highest BCUT2D eigenvalue weighted by Gasteiger charge is 2.25. The summed E-state index contributed by atoms with van der Waals surface area (Å²) in [6.07, 6.45) is 0.599. The maximum absolute atomic E-state index is 12.5. The predicted octanol–water partition coefficient (Wildman–Crippen LogP) is 1.75. The Morgan fingerprint density at radius 3 is 2.35 bits per heavy atom. The molecule has 0 radical (unpaired) electrons. The number of rotatable bonds is 13. The molecule has 2 aromatic rings. The summed E-state index contributed by atoms with van der Waals surface area (Å²) in [6.45, 7) is 4.96. The Balaban J connectivity index is 1.87. The number of ether oxygens (including phenoxy) is 1. The van der Waals surface area contributed by atoms with Crippen molar-refractivity contribution in [2.45, 2.75) is 39.1 Å². The summed E-state index contributed by atoms with van der Waals surface area (Å²) < 4.78 is 5.68. The lowest BCUT2D eigenvalue weighted by Gasteiger charge is -2.21. The summed E-state index contributed by atoms with van der Waals surface area (Å²) in [5.41, 5.74) is 1.67. The third-order valence-corrected chi connectivity index (χ3v) is 5.47. The second-order valence-corrected chi connectivity index (χ2v) is 7.92. The number of carbonyl (C=O) groups excluding carboxylic acids is 2. The maximum Gasteiger partial charge on any atom is 0.475 e. The zero-order valence-electron chi connectivity index (χ0n) is 19.7. The van der Waals surface area contributed by atoms with Gasteiger partial charge in [0, 0.05) is 13.1 Å². The van der Waals surface area contributed by atoms with Crippen molar-refractivity contribution in [3.63, 3.8) is 0 Å². The Morgan fingerprint density at radius 2 is 1.74 bits per heavy atom. The van der Waals surface area contributed by atoms with Crippen molar-refractivity contribution in [3.8, 4) is 11.8 Å². The van der Waals surface area contributed by atoms with Crippen LogP contribution in [0.15, 0.2) is 54.6 Å². The van der Waals surface area contributed by atoms with E-state index in [1.807, 2.05) is 50.2 Å². The molecule has 9 heteroatoms. The number of carbonyl (C=O) groups is 2. The molecule has 0 aliphatic rings. The van der Waals surface area contributed by atoms with E-state index in [9.17, 15) is 24.9 Å². The second kappa shape index (κ2) is 14.0. The van der Waals surface area contributed by atoms with E-state index in [0.29, 0.717) is 25.3 Å². The summed E-state index contributed by atoms with van der Waals surface area (Å²) in [6, 6.07) is 18.5. The number of nitriles is 1. The molecule has 0 aromatic heterocycles. The third kappa shape index (κ3) is 8.54. The van der Waals surface area contributed by atoms with Gasteiger partial charge < -0.3 is 25.0 Å². The van der Waals surface area contributed by atoms with Crippen molar-refractivity contribution in [1.82, 2.24) is 10.2 Å². The van der Waals surface area contributed by atoms with E-state index in [1.54, 1.807) is 23.1 Å². The SMILES string of the molecule is CCN(CC)C(=O)C(C#N)Cc1cccc(OCCC(=O)N[C@@H](Cc2ccccc2)B(O)O)c1. The molecule has 0 aliphatic carbocycles. The topological polar surface area (TPSA) is 123 Å². The van der Waals surface area contributed by atoms with Gasteiger partial charge in [0.2, 0.25) is 11.8 Å². The molecule has 0 aliphatic heterocycles. The summed E-state index contributed by atoms with van der Waals surface area (Å²) >= 11 is 0. The summed E-state index contributed by atoms with van der Waals surface area (Å²) in [5.74, 6) is -1.62. The molecule has 8 nitrogen and oxygen atoms in total. The Bertz CT molecular complexity index is 961. The van der Waals surface area contributed by atoms with E-state index in [-0.39, 0.29) is 31.3 Å². The van der Waals surface area contributed by atoms with Crippen LogP contribution in [-0.4, -0.2) is 59.5 Å². The van der Waals surface area contributed by atoms with Gasteiger partial charge in [-0.25, -0.2) is 0 Å². The molecule has 0 heterocycles. The van der Waals surface area contributed by atoms with Crippen LogP contribution in [0.2, 0.25) is 0 Å². The Labute approximate surface area is 201 Å². The van der Waals surface area contributed by atoms with Crippen molar-refractivity contribution in [1.29, 1.82) is 5.26 Å². The van der Waals surface area contributed by atoms with E-state index < -0.39 is 19.0 Å². The van der Waals surface area contributed by atoms with Crippen LogP contribution in [0.5, 0.6) is 5.75 Å². The molecule has 0 bridgehead atoms. The van der Waals surface area contributed by atoms with Crippen LogP contribution in [0, 0.1) is 17.2 Å². The van der Waals surface area contributed by atoms with Gasteiger partial charge in [0.25, 0.3) is 0 Å². The van der Waals surface area contributed by atoms with Gasteiger partial charge in [-0.3, -0.25) is 9.59 Å². The minimum atomic E-state index is -1.69. The van der Waals surface area contributed by atoms with Crippen molar-refractivity contribution in [3.05, 3.63) is 65.7 Å². The van der Waals surface area contributed by atoms with E-state index in [2.05, 4.69) is 11.4 Å². The van der Waals surface area contributed by atoms with Crippen LogP contribution in [0.25, 0.3) is 0 Å². The highest BCUT2D eigenvalue weighted by Crippen LogP contribution is 2.18. The first kappa shape index (κ1) is 26.9. The molecule has 0 spiro atoms. The quantitative estimate of drug-likeness (QED) is 0.388. The maximum atomic E-state index is 12.5. The molecule has 0 saturated heterocycles. The summed E-state index contributed by atoms with van der Waals surface area (Å²) in [7, 11) is -1.69. The molecule has 2 rings (SSSR count). The normalized spacial score (nSPS) is 12.2. The predicted molar refractivity (Wildman–Crippen MR) is 130 cm³/mol. The van der Waals surface area contributed by atoms with Crippen molar-refractivity contribution < 1.29 is 24.4 Å². The zero-order valence-corrected chi connectivity index (χ0v) is 19.7. The Morgan fingerprint density at radius 1 is 1.06 bits per heavy atom. The first-order chi connectivity index (χ1) is 16.4. The highest BCUT2D eigenvalue weighted by atomic mass is 16.5. The van der Waals surface area contributed by atoms with Crippen LogP contribution >= 0.6 is 0 Å². The molecule has 2 atom stereocenters. The van der Waals surface area contributed by atoms with Gasteiger partial charge in [-0.05, 0) is 49.9 Å². The minimum Gasteiger partial charge on any atom is -0.493 e. The number of nitrogens with one attached hydrogen (secondary N) is 1. The molecule has 3 N–H and O–H groups in total. The van der Waals surface area contributed by atoms with E-state index in [0.717, 1.165) is 11.1 Å². The van der Waals surface area contributed by atoms with Gasteiger partial charge in [0.1, 0.15) is 11.7 Å². The summed E-state index contributed by atoms with van der Waals surface area (Å²) in [4.78, 5) is 26.5. The molecule has 2 aromatic carbocycles. The molecular weight excluding hydrogens is 433 g/mol. The number of nitrogens with zero attached hydrogens (tertiary/aromatic N) is 2. The van der Waals surface area contributed by atoms with Gasteiger partial charge >= 0.3 is 7.12 Å². The fourth-order valence-corrected chi connectivity index (χ4v) is 3.58. The number of benzene rings is 2. The lowest BCUT2D eigenvalue weighted by Crippen LogP contribution is -2.48. The third-order valence-electron chi connectivity index (χ3n) is 5.47. The van der Waals surface area contributed by atoms with Gasteiger partial charge in [-0.15, -0.1) is 0 Å². The first-order valence-electron chi connectivity index (χ1n) is 11.5. The van der Waals surface area contributed by atoms with Crippen LogP contribution in [-0.2, 0) is 22.4 Å². The van der Waals surface area contributed by atoms with Crippen LogP contribution < -0.4 is 10.1 Å². The van der Waals surface area contributed by atoms with Gasteiger partial charge in [-0.2, -0.15) is 5.26 Å². The Hall–Kier alpha value is -3.35. The molecule has 2 amide bonds. The van der Waals surface area contributed by atoms with Crippen molar-refractivity contribution >= 4 is 18.9 Å². The van der Waals surface area contributed by atoms with Crippen LogP contribution in [0.4, 0.5) is 0 Å². The fourth-order valence-electron chi connectivity index (χ4n) is 3.58. The molecule has 180 valence electrons. The van der Waals surface area contributed by atoms with Gasteiger partial charge in [-0.1, -0.05) is 42.5 Å². The van der Waals surface area contributed by atoms with Crippen molar-refractivity contribution in [2.75, 3.05) is 19.7 Å². The average molecular weight is 465 g/mol. The molecule has 0 fully saturated rings. The molecular formula is C25H32BN3O5. The molecule has 0 saturated carbocycles. The van der Waals surface area contributed by atoms with E-state index >= 15 is 0 Å². The van der Waals surface area contributed by atoms with Gasteiger partial charge in [0.15, 0.2) is 0 Å². The van der Waals surface area contributed by atoms with Crippen LogP contribution in [0.1, 0.15) is 31.4 Å². The second-order valence-electron chi connectivity index (χ2n) is 7.92. The molecule has 1 unspecified atom stereocenters. The monoisotopic (exact) mass is 465 g/mol. The number of hydrogen-bond acceptors (Lipinski definition) is 6. The lowest BCUT2D eigenvalue weighted by atomic mass is 9.76. The fraction of sp³-hybridized carbons (Fsp3) is 0.400. The highest BCUT2D eigenvalue weighted by molar-refractivity contribution is 6.43. The summed E-state index contributed by atoms with van der Waals surface area (Å²) in [5, 5.41) is 31.3. The van der Waals surface area contributed by atoms with Crippen molar-refractivity contribution in [2.24, 2.45) is 5.92 Å². The zero-order chi connectivity index (χ0) is 24.9. The largest absolute Gasteiger partial charge is 0.493 e. The Kier molecular flexibility index (Phi) is 11.1. The number of amides is 2. The standard InChI is InChI=1S/C25H32BN3O5/c1-3-29(4-2)25(31)21(18-27)15-20-11-8-12-22(16-20)34-14-13-24(30)28-23(26(32)33)17-19-9-6-5-7-10-19/h5-12,16,21,23,32-33H,3-4,13-15,17H2,1-2H3,(H,28,30)/t21?,23-/m0/s1. The van der Waals surface area contributed by atoms with E-state index in [4.69, 9.17) is 4.74 Å². The minimum absolute atomic E-state index is 0.0313. The van der Waals surface area contributed by atoms with E-state index in [1.165, 1.54) is 0 Å². The first-order valence-corrected chi connectivity index (χ1v) is 11.5. The van der Waals surface area contributed by atoms with Gasteiger partial charge in [0.05, 0.1) is 25.0 Å². The number of hydrogen-bond donors (Lipinski definition) is 3. The smallest absolute Gasteiger partial charge is 0.475 e. The average Bonchev–Trinajstić information content (AvgIpc) is 2.83.